The summed E-state index contributed by atoms with van der Waals surface area (Å²) in [4.78, 5) is 38.7. The van der Waals surface area contributed by atoms with E-state index in [4.69, 9.17) is 0 Å². The highest BCUT2D eigenvalue weighted by atomic mass is 32.1. The number of hydrogen-bond donors (Lipinski definition) is 1. The molecule has 9 heteroatoms. The molecule has 1 N–H and O–H groups in total. The maximum absolute atomic E-state index is 12.4. The summed E-state index contributed by atoms with van der Waals surface area (Å²) in [5.74, 6) is -0.960. The van der Waals surface area contributed by atoms with Crippen LogP contribution in [0.2, 0.25) is 0 Å². The number of anilines is 1. The summed E-state index contributed by atoms with van der Waals surface area (Å²) in [6.07, 6.45) is 0. The minimum Gasteiger partial charge on any atom is -0.465 e. The van der Waals surface area contributed by atoms with Crippen molar-refractivity contribution in [3.8, 4) is 0 Å². The van der Waals surface area contributed by atoms with Crippen LogP contribution >= 0.6 is 11.3 Å². The highest BCUT2D eigenvalue weighted by Crippen LogP contribution is 2.28. The van der Waals surface area contributed by atoms with Gasteiger partial charge in [0, 0.05) is 17.2 Å². The van der Waals surface area contributed by atoms with Crippen molar-refractivity contribution >= 4 is 44.2 Å². The van der Waals surface area contributed by atoms with Gasteiger partial charge in [0.05, 0.1) is 27.8 Å². The third-order valence-electron chi connectivity index (χ3n) is 3.70. The van der Waals surface area contributed by atoms with Gasteiger partial charge in [-0.15, -0.1) is 0 Å². The molecular weight excluding hydrogens is 358 g/mol. The number of methoxy groups -OCH3 is 1. The molecular formula is C17H13N3O5S. The zero-order chi connectivity index (χ0) is 18.8. The third-order valence-corrected chi connectivity index (χ3v) is 4.63. The highest BCUT2D eigenvalue weighted by Gasteiger charge is 2.16. The Morgan fingerprint density at radius 3 is 2.62 bits per heavy atom. The van der Waals surface area contributed by atoms with Gasteiger partial charge < -0.3 is 4.74 Å². The topological polar surface area (TPSA) is 111 Å². The number of benzene rings is 2. The number of nitrogens with one attached hydrogen (secondary N) is 1. The molecule has 3 rings (SSSR count). The molecule has 0 radical (unpaired) electrons. The van der Waals surface area contributed by atoms with Crippen LogP contribution in [0.4, 0.5) is 10.8 Å². The third kappa shape index (κ3) is 3.38. The Morgan fingerprint density at radius 1 is 1.19 bits per heavy atom. The summed E-state index contributed by atoms with van der Waals surface area (Å²) in [6.45, 7) is 1.60. The van der Waals surface area contributed by atoms with Crippen LogP contribution in [-0.4, -0.2) is 28.9 Å². The molecule has 0 spiro atoms. The van der Waals surface area contributed by atoms with Crippen molar-refractivity contribution in [1.29, 1.82) is 0 Å². The van der Waals surface area contributed by atoms with E-state index < -0.39 is 16.8 Å². The van der Waals surface area contributed by atoms with E-state index in [0.717, 1.165) is 0 Å². The first-order chi connectivity index (χ1) is 12.4. The van der Waals surface area contributed by atoms with Gasteiger partial charge in [0.2, 0.25) is 0 Å². The van der Waals surface area contributed by atoms with Gasteiger partial charge in [0.15, 0.2) is 5.13 Å². The largest absolute Gasteiger partial charge is 0.465 e. The average molecular weight is 371 g/mol. The molecule has 0 saturated carbocycles. The first-order valence-corrected chi connectivity index (χ1v) is 8.26. The van der Waals surface area contributed by atoms with Crippen LogP contribution in [0, 0.1) is 17.0 Å². The molecule has 0 unspecified atom stereocenters. The molecule has 26 heavy (non-hydrogen) atoms. The van der Waals surface area contributed by atoms with Crippen LogP contribution in [0.15, 0.2) is 36.4 Å². The Kier molecular flexibility index (Phi) is 4.63. The first kappa shape index (κ1) is 17.5. The van der Waals surface area contributed by atoms with Crippen LogP contribution in [-0.2, 0) is 4.74 Å². The fourth-order valence-electron chi connectivity index (χ4n) is 2.34. The van der Waals surface area contributed by atoms with Gasteiger partial charge >= 0.3 is 5.97 Å². The number of nitro groups is 1. The van der Waals surface area contributed by atoms with Crippen molar-refractivity contribution in [1.82, 2.24) is 4.98 Å². The monoisotopic (exact) mass is 371 g/mol. The number of ether oxygens (including phenoxy) is 1. The van der Waals surface area contributed by atoms with Crippen molar-refractivity contribution < 1.29 is 19.2 Å². The van der Waals surface area contributed by atoms with Gasteiger partial charge in [-0.2, -0.15) is 0 Å². The smallest absolute Gasteiger partial charge is 0.337 e. The van der Waals surface area contributed by atoms with Crippen LogP contribution < -0.4 is 5.32 Å². The number of carbonyl (C=O) groups excluding carboxylic acids is 2. The van der Waals surface area contributed by atoms with Crippen molar-refractivity contribution in [3.63, 3.8) is 0 Å². The molecule has 0 fully saturated rings. The summed E-state index contributed by atoms with van der Waals surface area (Å²) in [5, 5.41) is 14.0. The van der Waals surface area contributed by atoms with Crippen molar-refractivity contribution in [2.24, 2.45) is 0 Å². The maximum atomic E-state index is 12.4. The Hall–Kier alpha value is -3.33. The van der Waals surface area contributed by atoms with E-state index in [-0.39, 0.29) is 11.3 Å². The van der Waals surface area contributed by atoms with Gasteiger partial charge in [0.1, 0.15) is 0 Å². The lowest BCUT2D eigenvalue weighted by atomic mass is 10.1. The summed E-state index contributed by atoms with van der Waals surface area (Å²) in [6, 6.07) is 9.14. The molecule has 0 aliphatic heterocycles. The summed E-state index contributed by atoms with van der Waals surface area (Å²) < 4.78 is 5.38. The zero-order valence-electron chi connectivity index (χ0n) is 13.8. The normalized spacial score (nSPS) is 10.5. The van der Waals surface area contributed by atoms with Crippen LogP contribution in [0.3, 0.4) is 0 Å². The molecule has 0 bridgehead atoms. The van der Waals surface area contributed by atoms with Crippen LogP contribution in [0.5, 0.6) is 0 Å². The standard InChI is InChI=1S/C17H13N3O5S/c1-9-3-4-10(7-13(9)20(23)24)15(21)19-17-18-12-6-5-11(16(22)25-2)8-14(12)26-17/h3-8H,1-2H3,(H,18,19,21). The number of esters is 1. The fraction of sp³-hybridized carbons (Fsp3) is 0.118. The molecule has 8 nitrogen and oxygen atoms in total. The number of aryl methyl sites for hydroxylation is 1. The van der Waals surface area contributed by atoms with E-state index >= 15 is 0 Å². The molecule has 1 aromatic heterocycles. The molecule has 0 aliphatic rings. The second-order valence-corrected chi connectivity index (χ2v) is 6.44. The Balaban J connectivity index is 1.86. The number of nitro benzene ring substituents is 1. The second kappa shape index (κ2) is 6.89. The van der Waals surface area contributed by atoms with Gasteiger partial charge in [0.25, 0.3) is 11.6 Å². The van der Waals surface area contributed by atoms with Gasteiger partial charge in [-0.25, -0.2) is 9.78 Å². The lowest BCUT2D eigenvalue weighted by molar-refractivity contribution is -0.385. The molecule has 132 valence electrons. The Labute approximate surface area is 151 Å². The van der Waals surface area contributed by atoms with Crippen molar-refractivity contribution in [2.45, 2.75) is 6.92 Å². The number of fused-ring (bicyclic) bond motifs is 1. The van der Waals surface area contributed by atoms with Crippen molar-refractivity contribution in [3.05, 3.63) is 63.2 Å². The number of nitrogens with zero attached hydrogens (tertiary/aromatic N) is 2. The average Bonchev–Trinajstić information content (AvgIpc) is 3.02. The summed E-state index contributed by atoms with van der Waals surface area (Å²) >= 11 is 1.19. The summed E-state index contributed by atoms with van der Waals surface area (Å²) in [5.41, 5.74) is 1.52. The number of aromatic nitrogens is 1. The molecule has 0 atom stereocenters. The molecule has 3 aromatic rings. The SMILES string of the molecule is COC(=O)c1ccc2nc(NC(=O)c3ccc(C)c([N+](=O)[O-])c3)sc2c1. The molecule has 1 heterocycles. The van der Waals surface area contributed by atoms with Gasteiger partial charge in [-0.3, -0.25) is 20.2 Å². The lowest BCUT2D eigenvalue weighted by Gasteiger charge is -2.03. The highest BCUT2D eigenvalue weighted by molar-refractivity contribution is 7.22. The summed E-state index contributed by atoms with van der Waals surface area (Å²) in [7, 11) is 1.30. The lowest BCUT2D eigenvalue weighted by Crippen LogP contribution is -2.12. The first-order valence-electron chi connectivity index (χ1n) is 7.44. The van der Waals surface area contributed by atoms with Gasteiger partial charge in [-0.05, 0) is 31.2 Å². The number of hydrogen-bond acceptors (Lipinski definition) is 7. The molecule has 2 aromatic carbocycles. The Morgan fingerprint density at radius 2 is 1.92 bits per heavy atom. The van der Waals surface area contributed by atoms with E-state index in [1.54, 1.807) is 25.1 Å². The van der Waals surface area contributed by atoms with E-state index in [9.17, 15) is 19.7 Å². The number of rotatable bonds is 4. The molecule has 0 aliphatic carbocycles. The second-order valence-electron chi connectivity index (χ2n) is 5.41. The molecule has 0 saturated heterocycles. The van der Waals surface area contributed by atoms with E-state index in [1.165, 1.54) is 36.6 Å². The van der Waals surface area contributed by atoms with E-state index in [0.29, 0.717) is 26.5 Å². The number of thiazole rings is 1. The quantitative estimate of drug-likeness (QED) is 0.426. The fourth-order valence-corrected chi connectivity index (χ4v) is 3.24. The predicted octanol–water partition coefficient (Wildman–Crippen LogP) is 3.55. The number of amides is 1. The Bertz CT molecular complexity index is 1040. The van der Waals surface area contributed by atoms with Crippen LogP contribution in [0.25, 0.3) is 10.2 Å². The van der Waals surface area contributed by atoms with Crippen molar-refractivity contribution in [2.75, 3.05) is 12.4 Å². The minimum atomic E-state index is -0.530. The van der Waals surface area contributed by atoms with Gasteiger partial charge in [-0.1, -0.05) is 17.4 Å². The molecule has 1 amide bonds. The maximum Gasteiger partial charge on any atom is 0.337 e. The number of carbonyl (C=O) groups is 2. The van der Waals surface area contributed by atoms with E-state index in [2.05, 4.69) is 15.0 Å². The predicted molar refractivity (Wildman–Crippen MR) is 96.7 cm³/mol. The minimum absolute atomic E-state index is 0.121. The zero-order valence-corrected chi connectivity index (χ0v) is 14.6. The van der Waals surface area contributed by atoms with Crippen LogP contribution in [0.1, 0.15) is 26.3 Å². The van der Waals surface area contributed by atoms with E-state index in [1.807, 2.05) is 0 Å².